The highest BCUT2D eigenvalue weighted by Crippen LogP contribution is 2.43. The number of alkyl halides is 2. The molecule has 0 radical (unpaired) electrons. The number of fused-ring (bicyclic) bond motifs is 1. The molecular weight excluding hydrogens is 458 g/mol. The minimum Gasteiger partial charge on any atom is -0.415 e. The van der Waals surface area contributed by atoms with Crippen LogP contribution in [0.2, 0.25) is 25.7 Å². The topological polar surface area (TPSA) is 54.1 Å². The molecule has 0 unspecified atom stereocenters. The Hall–Kier alpha value is -1.30. The summed E-state index contributed by atoms with van der Waals surface area (Å²) >= 11 is 5.02. The molecule has 148 valence electrons. The number of halogens is 3. The van der Waals surface area contributed by atoms with Gasteiger partial charge in [0.25, 0.3) is 0 Å². The summed E-state index contributed by atoms with van der Waals surface area (Å²) in [5.41, 5.74) is 3.68. The molecule has 3 aromatic rings. The Balaban J connectivity index is 1.94. The summed E-state index contributed by atoms with van der Waals surface area (Å²) in [6, 6.07) is 1.06. The molecule has 6 nitrogen and oxygen atoms in total. The van der Waals surface area contributed by atoms with Crippen molar-refractivity contribution in [2.24, 2.45) is 7.05 Å². The van der Waals surface area contributed by atoms with Crippen molar-refractivity contribution in [2.45, 2.75) is 39.0 Å². The fraction of sp³-hybridized carbons (Fsp3) is 0.500. The normalized spacial score (nSPS) is 12.4. The zero-order valence-electron chi connectivity index (χ0n) is 15.5. The van der Waals surface area contributed by atoms with Crippen LogP contribution in [-0.4, -0.2) is 40.6 Å². The molecule has 0 aliphatic rings. The van der Waals surface area contributed by atoms with Crippen molar-refractivity contribution in [1.82, 2.24) is 19.3 Å². The zero-order chi connectivity index (χ0) is 19.8. The predicted octanol–water partition coefficient (Wildman–Crippen LogP) is 5.17. The van der Waals surface area contributed by atoms with E-state index in [1.165, 1.54) is 16.0 Å². The van der Waals surface area contributed by atoms with Gasteiger partial charge in [0, 0.05) is 33.5 Å². The molecule has 0 amide bonds. The maximum Gasteiger partial charge on any atom is 0.388 e. The Labute approximate surface area is 169 Å². The third-order valence-corrected chi connectivity index (χ3v) is 7.32. The van der Waals surface area contributed by atoms with Crippen molar-refractivity contribution >= 4 is 45.7 Å². The third kappa shape index (κ3) is 4.58. The molecular formula is C16H21BrF2N4O2SSi. The fourth-order valence-electron chi connectivity index (χ4n) is 2.62. The van der Waals surface area contributed by atoms with E-state index in [9.17, 15) is 8.78 Å². The van der Waals surface area contributed by atoms with Gasteiger partial charge in [-0.2, -0.15) is 8.78 Å². The van der Waals surface area contributed by atoms with Crippen LogP contribution in [-0.2, 0) is 18.5 Å². The molecule has 0 saturated carbocycles. The van der Waals surface area contributed by atoms with E-state index in [1.54, 1.807) is 18.8 Å². The lowest BCUT2D eigenvalue weighted by Crippen LogP contribution is -2.22. The van der Waals surface area contributed by atoms with Crippen LogP contribution in [0.1, 0.15) is 0 Å². The van der Waals surface area contributed by atoms with Crippen LogP contribution in [0.25, 0.3) is 21.5 Å². The summed E-state index contributed by atoms with van der Waals surface area (Å²) in [4.78, 5) is 4.41. The lowest BCUT2D eigenvalue weighted by atomic mass is 10.2. The molecule has 0 spiro atoms. The number of ether oxygens (including phenoxy) is 2. The Kier molecular flexibility index (Phi) is 6.04. The highest BCUT2D eigenvalue weighted by molar-refractivity contribution is 9.10. The number of hydrogen-bond donors (Lipinski definition) is 0. The van der Waals surface area contributed by atoms with Gasteiger partial charge in [-0.1, -0.05) is 19.6 Å². The molecule has 3 rings (SSSR count). The second-order valence-electron chi connectivity index (χ2n) is 7.35. The molecule has 0 N–H and O–H groups in total. The lowest BCUT2D eigenvalue weighted by Gasteiger charge is -2.16. The summed E-state index contributed by atoms with van der Waals surface area (Å²) in [6.45, 7) is 4.95. The Morgan fingerprint density at radius 1 is 1.33 bits per heavy atom. The van der Waals surface area contributed by atoms with Crippen LogP contribution in [0.4, 0.5) is 8.78 Å². The van der Waals surface area contributed by atoms with Crippen LogP contribution in [0.5, 0.6) is 5.88 Å². The van der Waals surface area contributed by atoms with Crippen LogP contribution in [0.3, 0.4) is 0 Å². The third-order valence-electron chi connectivity index (χ3n) is 3.96. The smallest absolute Gasteiger partial charge is 0.388 e. The summed E-state index contributed by atoms with van der Waals surface area (Å²) in [5, 5.41) is 4.01. The van der Waals surface area contributed by atoms with Gasteiger partial charge >= 0.3 is 6.61 Å². The highest BCUT2D eigenvalue weighted by atomic mass is 79.9. The minimum absolute atomic E-state index is 0.111. The van der Waals surface area contributed by atoms with E-state index in [4.69, 9.17) is 4.74 Å². The number of hydrogen-bond acceptors (Lipinski definition) is 5. The van der Waals surface area contributed by atoms with Crippen molar-refractivity contribution in [1.29, 1.82) is 0 Å². The van der Waals surface area contributed by atoms with Crippen molar-refractivity contribution < 1.29 is 18.3 Å². The van der Waals surface area contributed by atoms with Gasteiger partial charge in [0.1, 0.15) is 6.73 Å². The SMILES string of the molecule is Cn1cc(-c2c(Br)n(COCC[Si](C)(C)C)c3ncsc23)c(OC(F)F)n1. The second kappa shape index (κ2) is 7.98. The molecule has 0 aromatic carbocycles. The average Bonchev–Trinajstić information content (AvgIpc) is 3.19. The molecule has 0 atom stereocenters. The Morgan fingerprint density at radius 2 is 2.07 bits per heavy atom. The molecule has 0 aliphatic heterocycles. The van der Waals surface area contributed by atoms with Crippen molar-refractivity contribution in [3.8, 4) is 17.0 Å². The molecule has 0 fully saturated rings. The second-order valence-corrected chi connectivity index (χ2v) is 14.6. The van der Waals surface area contributed by atoms with E-state index in [1.807, 2.05) is 4.57 Å². The van der Waals surface area contributed by atoms with Crippen molar-refractivity contribution in [3.63, 3.8) is 0 Å². The van der Waals surface area contributed by atoms with Crippen molar-refractivity contribution in [3.05, 3.63) is 16.3 Å². The first-order valence-electron chi connectivity index (χ1n) is 8.35. The van der Waals surface area contributed by atoms with Gasteiger partial charge in [-0.25, -0.2) is 4.98 Å². The molecule has 27 heavy (non-hydrogen) atoms. The number of nitrogens with zero attached hydrogens (tertiary/aromatic N) is 4. The predicted molar refractivity (Wildman–Crippen MR) is 108 cm³/mol. The number of thiazole rings is 1. The van der Waals surface area contributed by atoms with Gasteiger partial charge in [0.05, 0.1) is 20.4 Å². The quantitative estimate of drug-likeness (QED) is 0.330. The summed E-state index contributed by atoms with van der Waals surface area (Å²) in [5.74, 6) is -0.111. The first-order valence-corrected chi connectivity index (χ1v) is 13.7. The lowest BCUT2D eigenvalue weighted by molar-refractivity contribution is -0.0527. The van der Waals surface area contributed by atoms with E-state index in [0.29, 0.717) is 23.5 Å². The molecule has 0 saturated heterocycles. The van der Waals surface area contributed by atoms with Gasteiger partial charge in [-0.3, -0.25) is 9.25 Å². The van der Waals surface area contributed by atoms with Gasteiger partial charge in [-0.05, 0) is 22.0 Å². The minimum atomic E-state index is -2.94. The summed E-state index contributed by atoms with van der Waals surface area (Å²) < 4.78 is 40.9. The van der Waals surface area contributed by atoms with E-state index in [-0.39, 0.29) is 5.88 Å². The molecule has 0 aliphatic carbocycles. The van der Waals surface area contributed by atoms with Crippen molar-refractivity contribution in [2.75, 3.05) is 6.61 Å². The number of aryl methyl sites for hydroxylation is 1. The van der Waals surface area contributed by atoms with Gasteiger partial charge in [0.15, 0.2) is 5.65 Å². The van der Waals surface area contributed by atoms with E-state index >= 15 is 0 Å². The molecule has 3 heterocycles. The molecule has 11 heteroatoms. The average molecular weight is 479 g/mol. The maximum absolute atomic E-state index is 12.8. The van der Waals surface area contributed by atoms with E-state index < -0.39 is 14.7 Å². The standard InChI is InChI=1S/C16H21BrF2N4O2SSi/c1-22-7-10(15(21-22)25-16(18)19)11-12-14(20-8-26-12)23(13(11)17)9-24-5-6-27(2,3)4/h7-8,16H,5-6,9H2,1-4H3. The molecule has 3 aromatic heterocycles. The summed E-state index contributed by atoms with van der Waals surface area (Å²) in [7, 11) is 0.487. The monoisotopic (exact) mass is 478 g/mol. The van der Waals surface area contributed by atoms with E-state index in [2.05, 4.69) is 50.4 Å². The van der Waals surface area contributed by atoms with Gasteiger partial charge < -0.3 is 9.47 Å². The maximum atomic E-state index is 12.8. The number of rotatable bonds is 8. The van der Waals surface area contributed by atoms with Crippen LogP contribution in [0, 0.1) is 0 Å². The Morgan fingerprint density at radius 3 is 2.74 bits per heavy atom. The summed E-state index contributed by atoms with van der Waals surface area (Å²) in [6.07, 6.45) is 1.66. The first-order chi connectivity index (χ1) is 12.7. The Bertz CT molecular complexity index is 935. The highest BCUT2D eigenvalue weighted by Gasteiger charge is 2.25. The van der Waals surface area contributed by atoms with Gasteiger partial charge in [-0.15, -0.1) is 16.4 Å². The van der Waals surface area contributed by atoms with Gasteiger partial charge in [0.2, 0.25) is 5.88 Å². The largest absolute Gasteiger partial charge is 0.415 e. The van der Waals surface area contributed by atoms with E-state index in [0.717, 1.165) is 22.0 Å². The fourth-order valence-corrected chi connectivity index (χ4v) is 5.04. The first kappa shape index (κ1) is 20.4. The van der Waals surface area contributed by atoms with Crippen LogP contribution >= 0.6 is 27.3 Å². The molecule has 0 bridgehead atoms. The zero-order valence-corrected chi connectivity index (χ0v) is 18.9. The van der Waals surface area contributed by atoms with Crippen LogP contribution < -0.4 is 4.74 Å². The van der Waals surface area contributed by atoms with Crippen LogP contribution in [0.15, 0.2) is 16.3 Å². The number of aromatic nitrogens is 4.